The number of fused-ring (bicyclic) bond motifs is 2. The number of likely N-dealkylation sites (N-methyl/N-ethyl adjacent to an activating group) is 1. The number of carbonyl (C=O) groups is 4. The van der Waals surface area contributed by atoms with E-state index in [0.717, 1.165) is 0 Å². The Hall–Kier alpha value is -3.51. The molecular weight excluding hydrogens is 726 g/mol. The van der Waals surface area contributed by atoms with Crippen molar-refractivity contribution in [2.24, 2.45) is 17.8 Å². The first-order chi connectivity index (χ1) is 23.9. The first-order valence-electron chi connectivity index (χ1n) is 17.2. The molecule has 2 fully saturated rings. The van der Waals surface area contributed by atoms with E-state index in [4.69, 9.17) is 21.1 Å². The molecule has 0 unspecified atom stereocenters. The molecule has 50 heavy (non-hydrogen) atoms. The second-order valence-electron chi connectivity index (χ2n) is 13.7. The van der Waals surface area contributed by atoms with Crippen LogP contribution < -0.4 is 4.90 Å². The summed E-state index contributed by atoms with van der Waals surface area (Å²) in [6.07, 6.45) is 4.98. The Morgan fingerprint density at radius 2 is 1.72 bits per heavy atom. The summed E-state index contributed by atoms with van der Waals surface area (Å²) in [7, 11) is 1.69. The predicted molar refractivity (Wildman–Crippen MR) is 192 cm³/mol. The number of nitrogens with zero attached hydrogens (tertiary/aromatic N) is 3. The van der Waals surface area contributed by atoms with E-state index in [1.807, 2.05) is 63.3 Å². The summed E-state index contributed by atoms with van der Waals surface area (Å²) in [5.41, 5.74) is -0.284. The van der Waals surface area contributed by atoms with E-state index in [2.05, 4.69) is 15.9 Å². The van der Waals surface area contributed by atoms with E-state index >= 15 is 4.79 Å². The summed E-state index contributed by atoms with van der Waals surface area (Å²) in [4.78, 5) is 62.6. The normalized spacial score (nSPS) is 32.1. The molecule has 0 aliphatic carbocycles. The highest BCUT2D eigenvalue weighted by atomic mass is 79.9. The van der Waals surface area contributed by atoms with Crippen molar-refractivity contribution in [2.75, 3.05) is 25.1 Å². The van der Waals surface area contributed by atoms with Crippen molar-refractivity contribution in [1.82, 2.24) is 9.80 Å². The number of cyclic esters (lactones) is 1. The number of halogens is 2. The third kappa shape index (κ3) is 6.20. The summed E-state index contributed by atoms with van der Waals surface area (Å²) < 4.78 is 13.6. The van der Waals surface area contributed by atoms with Crippen LogP contribution in [-0.4, -0.2) is 88.6 Å². The van der Waals surface area contributed by atoms with Gasteiger partial charge in [-0.05, 0) is 55.2 Å². The van der Waals surface area contributed by atoms with Crippen LogP contribution in [0.1, 0.15) is 51.7 Å². The van der Waals surface area contributed by atoms with Gasteiger partial charge in [0.15, 0.2) is 0 Å². The molecule has 5 bridgehead atoms. The molecule has 2 aromatic carbocycles. The molecule has 0 aromatic heterocycles. The van der Waals surface area contributed by atoms with Crippen LogP contribution >= 0.6 is 27.5 Å². The van der Waals surface area contributed by atoms with Crippen LogP contribution in [0.25, 0.3) is 0 Å². The minimum absolute atomic E-state index is 0.128. The van der Waals surface area contributed by atoms with E-state index in [-0.39, 0.29) is 31.4 Å². The van der Waals surface area contributed by atoms with Gasteiger partial charge in [-0.2, -0.15) is 0 Å². The summed E-state index contributed by atoms with van der Waals surface area (Å²) in [6.45, 7) is 5.47. The van der Waals surface area contributed by atoms with Crippen molar-refractivity contribution < 1.29 is 33.8 Å². The van der Waals surface area contributed by atoms with Gasteiger partial charge >= 0.3 is 5.97 Å². The van der Waals surface area contributed by atoms with Gasteiger partial charge < -0.3 is 29.3 Å². The molecule has 2 aromatic rings. The molecular formula is C38H43BrClN3O7. The van der Waals surface area contributed by atoms with Gasteiger partial charge in [-0.15, -0.1) is 0 Å². The van der Waals surface area contributed by atoms with Gasteiger partial charge in [-0.3, -0.25) is 19.2 Å². The zero-order valence-electron chi connectivity index (χ0n) is 28.6. The van der Waals surface area contributed by atoms with Crippen LogP contribution in [0, 0.1) is 17.8 Å². The number of hydrogen-bond acceptors (Lipinski definition) is 7. The lowest BCUT2D eigenvalue weighted by Crippen LogP contribution is -2.59. The maximum absolute atomic E-state index is 15.1. The first-order valence-corrected chi connectivity index (χ1v) is 18.3. The number of esters is 1. The van der Waals surface area contributed by atoms with E-state index in [1.165, 1.54) is 4.90 Å². The molecule has 6 rings (SSSR count). The minimum atomic E-state index is -1.52. The average Bonchev–Trinajstić information content (AvgIpc) is 3.71. The minimum Gasteiger partial charge on any atom is -0.455 e. The number of likely N-dealkylation sites (tertiary alicyclic amines) is 1. The van der Waals surface area contributed by atoms with Crippen LogP contribution in [0.5, 0.6) is 0 Å². The number of allylic oxidation sites excluding steroid dienone is 1. The van der Waals surface area contributed by atoms with Gasteiger partial charge in [0.2, 0.25) is 11.8 Å². The van der Waals surface area contributed by atoms with Gasteiger partial charge in [-0.25, -0.2) is 0 Å². The molecule has 266 valence electrons. The molecule has 4 aliphatic rings. The van der Waals surface area contributed by atoms with Crippen LogP contribution in [0.15, 0.2) is 77.3 Å². The molecule has 1 N–H and O–H groups in total. The van der Waals surface area contributed by atoms with Gasteiger partial charge in [-0.1, -0.05) is 90.3 Å². The lowest BCUT2D eigenvalue weighted by molar-refractivity contribution is -0.164. The van der Waals surface area contributed by atoms with Crippen LogP contribution in [0.2, 0.25) is 5.02 Å². The molecule has 0 radical (unpaired) electrons. The smallest absolute Gasteiger partial charge is 0.313 e. The number of amides is 3. The lowest BCUT2D eigenvalue weighted by Gasteiger charge is -2.40. The van der Waals surface area contributed by atoms with E-state index in [0.29, 0.717) is 33.6 Å². The Labute approximate surface area is 306 Å². The lowest BCUT2D eigenvalue weighted by atomic mass is 9.74. The summed E-state index contributed by atoms with van der Waals surface area (Å²) in [5.74, 6) is -4.06. The van der Waals surface area contributed by atoms with Crippen molar-refractivity contribution in [2.45, 2.75) is 76.0 Å². The maximum atomic E-state index is 15.1. The topological polar surface area (TPSA) is 117 Å². The Morgan fingerprint density at radius 3 is 2.38 bits per heavy atom. The fourth-order valence-electron chi connectivity index (χ4n) is 7.87. The third-order valence-electron chi connectivity index (χ3n) is 10.9. The monoisotopic (exact) mass is 767 g/mol. The Kier molecular flexibility index (Phi) is 10.6. The van der Waals surface area contributed by atoms with E-state index < -0.39 is 65.6 Å². The van der Waals surface area contributed by atoms with E-state index in [1.54, 1.807) is 47.2 Å². The third-order valence-corrected chi connectivity index (χ3v) is 11.8. The van der Waals surface area contributed by atoms with Crippen LogP contribution in [-0.2, 0) is 28.7 Å². The number of carbonyl (C=O) groups excluding carboxylic acids is 4. The molecule has 3 amide bonds. The molecule has 1 spiro atoms. The molecule has 9 atom stereocenters. The second kappa shape index (κ2) is 14.6. The molecule has 0 saturated carbocycles. The zero-order chi connectivity index (χ0) is 35.9. The van der Waals surface area contributed by atoms with Gasteiger partial charge in [0, 0.05) is 35.2 Å². The number of hydrogen-bond donors (Lipinski definition) is 1. The SMILES string of the molecule is CC[C@H](C)[C@H](CO)N1C(=O)[C@H]2[C@@H]3C(=O)O[C@H](c4ccccc4)[C@@H](C)N(C)C(=O)CC/C=C\CN(c4ccc(Cl)cc4)C(=O)[C@H]1[C@@]21C=C(Br)[C@@H]3O1. The van der Waals surface area contributed by atoms with Crippen molar-refractivity contribution in [3.8, 4) is 0 Å². The fraction of sp³-hybridized carbons (Fsp3) is 0.474. The zero-order valence-corrected chi connectivity index (χ0v) is 30.9. The highest BCUT2D eigenvalue weighted by Crippen LogP contribution is 2.59. The molecule has 2 saturated heterocycles. The summed E-state index contributed by atoms with van der Waals surface area (Å²) >= 11 is 9.85. The Morgan fingerprint density at radius 1 is 1.02 bits per heavy atom. The van der Waals surface area contributed by atoms with Crippen molar-refractivity contribution >= 4 is 56.9 Å². The molecule has 4 heterocycles. The summed E-state index contributed by atoms with van der Waals surface area (Å²) in [5, 5.41) is 11.3. The number of anilines is 1. The molecule has 12 heteroatoms. The standard InChI is InChI=1S/C38H43BrClN3O7/c1-5-22(2)28(21-44)43-34-36(47)42(26-17-15-25(40)16-18-26)19-11-7-10-14-29(45)41(4)23(3)32(24-12-8-6-9-13-24)49-37(48)30-31(35(43)46)38(34)20-27(39)33(30)50-38/h6-9,11-13,15-18,20,22-23,28,30-34,44H,5,10,14,19,21H2,1-4H3/b11-7-/t22-,23+,28-,30-,31+,32-,33-,34-,38+/m0/s1. The fourth-order valence-corrected chi connectivity index (χ4v) is 8.73. The number of ether oxygens (including phenoxy) is 2. The van der Waals surface area contributed by atoms with Crippen molar-refractivity contribution in [3.63, 3.8) is 0 Å². The van der Waals surface area contributed by atoms with Crippen molar-refractivity contribution in [3.05, 3.63) is 87.9 Å². The highest BCUT2D eigenvalue weighted by Gasteiger charge is 2.75. The second-order valence-corrected chi connectivity index (χ2v) is 15.0. The predicted octanol–water partition coefficient (Wildman–Crippen LogP) is 5.43. The number of aliphatic hydroxyl groups excluding tert-OH is 1. The van der Waals surface area contributed by atoms with Gasteiger partial charge in [0.1, 0.15) is 29.8 Å². The quantitative estimate of drug-likeness (QED) is 0.308. The molecule has 10 nitrogen and oxygen atoms in total. The van der Waals surface area contributed by atoms with E-state index in [9.17, 15) is 19.5 Å². The summed E-state index contributed by atoms with van der Waals surface area (Å²) in [6, 6.07) is 13.6. The van der Waals surface area contributed by atoms with Crippen LogP contribution in [0.4, 0.5) is 5.69 Å². The first kappa shape index (κ1) is 36.3. The van der Waals surface area contributed by atoms with Gasteiger partial charge in [0.25, 0.3) is 5.91 Å². The highest BCUT2D eigenvalue weighted by molar-refractivity contribution is 9.11. The largest absolute Gasteiger partial charge is 0.455 e. The van der Waals surface area contributed by atoms with Gasteiger partial charge in [0.05, 0.1) is 24.6 Å². The number of aliphatic hydroxyl groups is 1. The maximum Gasteiger partial charge on any atom is 0.313 e. The molecule has 4 aliphatic heterocycles. The van der Waals surface area contributed by atoms with Crippen molar-refractivity contribution in [1.29, 1.82) is 0 Å². The number of benzene rings is 2. The van der Waals surface area contributed by atoms with Crippen LogP contribution in [0.3, 0.4) is 0 Å². The Bertz CT molecular complexity index is 1690. The average molecular weight is 769 g/mol. The number of rotatable bonds is 6. The Balaban J connectivity index is 1.52.